The van der Waals surface area contributed by atoms with Crippen molar-refractivity contribution in [2.75, 3.05) is 6.16 Å². The molecule has 0 heterocycles. The standard InChI is InChI=1S/C18H19Cl2O2P/c1-2-3-7-13-23(22,14-9-5-4-6-10-14)18(21)17-15(19)11-8-12-16(17)20/h4-6,8-12H,2-3,7,13H2,1H3. The van der Waals surface area contributed by atoms with Crippen LogP contribution >= 0.6 is 30.3 Å². The zero-order valence-electron chi connectivity index (χ0n) is 13.0. The van der Waals surface area contributed by atoms with Crippen molar-refractivity contribution >= 4 is 41.2 Å². The van der Waals surface area contributed by atoms with E-state index in [-0.39, 0.29) is 15.6 Å². The molecule has 0 radical (unpaired) electrons. The van der Waals surface area contributed by atoms with E-state index in [1.807, 2.05) is 6.07 Å². The van der Waals surface area contributed by atoms with E-state index in [9.17, 15) is 9.36 Å². The van der Waals surface area contributed by atoms with Gasteiger partial charge in [-0.05, 0) is 18.6 Å². The highest BCUT2D eigenvalue weighted by atomic mass is 35.5. The van der Waals surface area contributed by atoms with Gasteiger partial charge in [-0.3, -0.25) is 4.79 Å². The smallest absolute Gasteiger partial charge is 0.228 e. The lowest BCUT2D eigenvalue weighted by molar-refractivity contribution is 0.107. The molecule has 2 rings (SSSR count). The summed E-state index contributed by atoms with van der Waals surface area (Å²) in [6, 6.07) is 13.8. The van der Waals surface area contributed by atoms with Crippen molar-refractivity contribution in [1.29, 1.82) is 0 Å². The number of hydrogen-bond acceptors (Lipinski definition) is 2. The van der Waals surface area contributed by atoms with Gasteiger partial charge in [0.2, 0.25) is 5.52 Å². The first-order chi connectivity index (χ1) is 11.0. The van der Waals surface area contributed by atoms with Gasteiger partial charge in [0, 0.05) is 11.5 Å². The van der Waals surface area contributed by atoms with Crippen LogP contribution in [0.2, 0.25) is 10.0 Å². The van der Waals surface area contributed by atoms with Gasteiger partial charge in [0.25, 0.3) is 0 Å². The summed E-state index contributed by atoms with van der Waals surface area (Å²) in [6.07, 6.45) is 3.00. The lowest BCUT2D eigenvalue weighted by Gasteiger charge is -2.19. The third kappa shape index (κ3) is 4.07. The van der Waals surface area contributed by atoms with E-state index >= 15 is 0 Å². The van der Waals surface area contributed by atoms with Gasteiger partial charge < -0.3 is 4.57 Å². The number of carbonyl (C=O) groups excluding carboxylic acids is 1. The molecule has 0 aromatic heterocycles. The summed E-state index contributed by atoms with van der Waals surface area (Å²) in [5, 5.41) is 1.06. The second-order valence-electron chi connectivity index (χ2n) is 5.41. The molecule has 0 aliphatic rings. The van der Waals surface area contributed by atoms with E-state index in [1.165, 1.54) is 0 Å². The van der Waals surface area contributed by atoms with Crippen molar-refractivity contribution in [1.82, 2.24) is 0 Å². The van der Waals surface area contributed by atoms with E-state index in [0.717, 1.165) is 19.3 Å². The number of unbranched alkanes of at least 4 members (excludes halogenated alkanes) is 2. The highest BCUT2D eigenvalue weighted by Gasteiger charge is 2.36. The van der Waals surface area contributed by atoms with Crippen LogP contribution in [0.5, 0.6) is 0 Å². The van der Waals surface area contributed by atoms with Crippen LogP contribution in [0.3, 0.4) is 0 Å². The van der Waals surface area contributed by atoms with Crippen LogP contribution in [-0.4, -0.2) is 11.7 Å². The van der Waals surface area contributed by atoms with Gasteiger partial charge in [0.15, 0.2) is 7.14 Å². The number of rotatable bonds is 7. The average Bonchev–Trinajstić information content (AvgIpc) is 2.55. The molecule has 5 heteroatoms. The fourth-order valence-corrected chi connectivity index (χ4v) is 5.81. The van der Waals surface area contributed by atoms with Gasteiger partial charge >= 0.3 is 0 Å². The molecule has 0 aliphatic carbocycles. The predicted octanol–water partition coefficient (Wildman–Crippen LogP) is 6.01. The van der Waals surface area contributed by atoms with E-state index in [1.54, 1.807) is 42.5 Å². The first kappa shape index (κ1) is 18.3. The fraction of sp³-hybridized carbons (Fsp3) is 0.278. The van der Waals surface area contributed by atoms with Crippen LogP contribution in [0.4, 0.5) is 0 Å². The molecule has 0 N–H and O–H groups in total. The molecule has 23 heavy (non-hydrogen) atoms. The Balaban J connectivity index is 2.49. The molecule has 0 amide bonds. The molecule has 0 saturated heterocycles. The fourth-order valence-electron chi connectivity index (χ4n) is 2.48. The van der Waals surface area contributed by atoms with Crippen LogP contribution in [0.15, 0.2) is 48.5 Å². The van der Waals surface area contributed by atoms with Gasteiger partial charge in [-0.1, -0.05) is 79.4 Å². The summed E-state index contributed by atoms with van der Waals surface area (Å²) in [5.41, 5.74) is -0.282. The molecule has 2 nitrogen and oxygen atoms in total. The van der Waals surface area contributed by atoms with Crippen molar-refractivity contribution < 1.29 is 9.36 Å². The van der Waals surface area contributed by atoms with Crippen LogP contribution in [0.25, 0.3) is 0 Å². The molecule has 122 valence electrons. The molecule has 0 bridgehead atoms. The Morgan fingerprint density at radius 2 is 1.57 bits per heavy atom. The molecular weight excluding hydrogens is 350 g/mol. The van der Waals surface area contributed by atoms with Gasteiger partial charge in [-0.15, -0.1) is 0 Å². The summed E-state index contributed by atoms with van der Waals surface area (Å²) in [5.74, 6) is 0. The van der Waals surface area contributed by atoms with Crippen LogP contribution in [-0.2, 0) is 4.57 Å². The Kier molecular flexibility index (Phi) is 6.47. The Morgan fingerprint density at radius 1 is 0.957 bits per heavy atom. The van der Waals surface area contributed by atoms with Crippen LogP contribution in [0.1, 0.15) is 36.5 Å². The monoisotopic (exact) mass is 368 g/mol. The van der Waals surface area contributed by atoms with Crippen molar-refractivity contribution in [2.45, 2.75) is 26.2 Å². The molecule has 1 atom stereocenters. The maximum atomic E-state index is 13.6. The van der Waals surface area contributed by atoms with E-state index in [4.69, 9.17) is 23.2 Å². The maximum Gasteiger partial charge on any atom is 0.228 e. The number of hydrogen-bond donors (Lipinski definition) is 0. The average molecular weight is 369 g/mol. The van der Waals surface area contributed by atoms with Gasteiger partial charge in [-0.25, -0.2) is 0 Å². The van der Waals surface area contributed by atoms with E-state index in [2.05, 4.69) is 6.92 Å². The topological polar surface area (TPSA) is 34.1 Å². The third-order valence-electron chi connectivity index (χ3n) is 3.75. The Bertz CT molecular complexity index is 709. The minimum Gasteiger partial charge on any atom is -0.310 e. The summed E-state index contributed by atoms with van der Waals surface area (Å²) in [7, 11) is -3.28. The first-order valence-corrected chi connectivity index (χ1v) is 10.3. The van der Waals surface area contributed by atoms with Crippen molar-refractivity contribution in [3.05, 3.63) is 64.1 Å². The minimum absolute atomic E-state index is 0.166. The predicted molar refractivity (Wildman–Crippen MR) is 98.9 cm³/mol. The zero-order valence-corrected chi connectivity index (χ0v) is 15.4. The van der Waals surface area contributed by atoms with Crippen molar-refractivity contribution in [3.8, 4) is 0 Å². The SMILES string of the molecule is CCCCCP(=O)(C(=O)c1c(Cl)cccc1Cl)c1ccccc1. The minimum atomic E-state index is -3.28. The Hall–Kier alpha value is -1.08. The van der Waals surface area contributed by atoms with Gasteiger partial charge in [0.1, 0.15) is 0 Å². The van der Waals surface area contributed by atoms with Crippen LogP contribution < -0.4 is 5.30 Å². The van der Waals surface area contributed by atoms with Crippen LogP contribution in [0, 0.1) is 0 Å². The Labute approximate surface area is 147 Å². The molecule has 0 fully saturated rings. The number of halogens is 2. The quantitative estimate of drug-likeness (QED) is 0.442. The lowest BCUT2D eigenvalue weighted by Crippen LogP contribution is -2.16. The highest BCUT2D eigenvalue weighted by molar-refractivity contribution is 7.87. The van der Waals surface area contributed by atoms with Gasteiger partial charge in [0.05, 0.1) is 15.6 Å². The lowest BCUT2D eigenvalue weighted by atomic mass is 10.2. The molecule has 2 aromatic carbocycles. The van der Waals surface area contributed by atoms with Crippen molar-refractivity contribution in [3.63, 3.8) is 0 Å². The molecular formula is C18H19Cl2O2P. The molecule has 0 spiro atoms. The number of carbonyl (C=O) groups is 1. The molecule has 0 saturated carbocycles. The largest absolute Gasteiger partial charge is 0.310 e. The van der Waals surface area contributed by atoms with Crippen molar-refractivity contribution in [2.24, 2.45) is 0 Å². The Morgan fingerprint density at radius 3 is 2.13 bits per heavy atom. The number of benzene rings is 2. The first-order valence-electron chi connectivity index (χ1n) is 7.64. The normalized spacial score (nSPS) is 13.5. The molecule has 2 aromatic rings. The maximum absolute atomic E-state index is 13.6. The zero-order chi connectivity index (χ0) is 16.9. The highest BCUT2D eigenvalue weighted by Crippen LogP contribution is 2.50. The second kappa shape index (κ2) is 8.15. The summed E-state index contributed by atoms with van der Waals surface area (Å²) >= 11 is 12.3. The van der Waals surface area contributed by atoms with Gasteiger partial charge in [-0.2, -0.15) is 0 Å². The summed E-state index contributed by atoms with van der Waals surface area (Å²) in [6.45, 7) is 2.07. The molecule has 0 aliphatic heterocycles. The van der Waals surface area contributed by atoms with E-state index in [0.29, 0.717) is 11.5 Å². The summed E-state index contributed by atoms with van der Waals surface area (Å²) in [4.78, 5) is 13.1. The third-order valence-corrected chi connectivity index (χ3v) is 7.34. The second-order valence-corrected chi connectivity index (χ2v) is 9.07. The summed E-state index contributed by atoms with van der Waals surface area (Å²) < 4.78 is 13.6. The molecule has 1 unspecified atom stereocenters. The van der Waals surface area contributed by atoms with E-state index < -0.39 is 12.7 Å².